The van der Waals surface area contributed by atoms with Crippen LogP contribution in [0.1, 0.15) is 33.0 Å². The molecule has 0 bridgehead atoms. The molecule has 0 saturated heterocycles. The minimum atomic E-state index is -0.613. The van der Waals surface area contributed by atoms with Crippen molar-refractivity contribution in [3.8, 4) is 11.1 Å². The highest BCUT2D eigenvalue weighted by molar-refractivity contribution is 6.51. The molecule has 2 amide bonds. The first-order valence-electron chi connectivity index (χ1n) is 10.4. The van der Waals surface area contributed by atoms with Crippen LogP contribution in [-0.4, -0.2) is 30.9 Å². The zero-order valence-electron chi connectivity index (χ0n) is 17.1. The lowest BCUT2D eigenvalue weighted by Gasteiger charge is -2.14. The van der Waals surface area contributed by atoms with Gasteiger partial charge >= 0.3 is 6.09 Å². The summed E-state index contributed by atoms with van der Waals surface area (Å²) >= 11 is 0. The highest BCUT2D eigenvalue weighted by atomic mass is 16.5. The van der Waals surface area contributed by atoms with Gasteiger partial charge in [0.15, 0.2) is 0 Å². The predicted octanol–water partition coefficient (Wildman–Crippen LogP) is 4.37. The van der Waals surface area contributed by atoms with Gasteiger partial charge in [-0.2, -0.15) is 0 Å². The first kappa shape index (κ1) is 19.8. The van der Waals surface area contributed by atoms with E-state index in [1.165, 1.54) is 22.3 Å². The Morgan fingerprint density at radius 3 is 2.34 bits per heavy atom. The number of ether oxygens (including phenoxy) is 1. The summed E-state index contributed by atoms with van der Waals surface area (Å²) in [7, 11) is 0. The van der Waals surface area contributed by atoms with Crippen LogP contribution >= 0.6 is 0 Å². The topological polar surface area (TPSA) is 84.5 Å². The number of amides is 2. The minimum absolute atomic E-state index is 0.0176. The highest BCUT2D eigenvalue weighted by Gasteiger charge is 2.29. The summed E-state index contributed by atoms with van der Waals surface area (Å²) in [4.78, 5) is 35.4. The number of benzene rings is 3. The van der Waals surface area contributed by atoms with Crippen LogP contribution in [0, 0.1) is 0 Å². The van der Waals surface area contributed by atoms with Crippen LogP contribution in [0.5, 0.6) is 0 Å². The molecule has 2 N–H and O–H groups in total. The summed E-state index contributed by atoms with van der Waals surface area (Å²) in [5.74, 6) is -1.13. The van der Waals surface area contributed by atoms with Crippen LogP contribution in [0.15, 0.2) is 72.8 Å². The third-order valence-electron chi connectivity index (χ3n) is 5.76. The van der Waals surface area contributed by atoms with Crippen LogP contribution in [0.2, 0.25) is 0 Å². The van der Waals surface area contributed by atoms with E-state index in [-0.39, 0.29) is 19.1 Å². The van der Waals surface area contributed by atoms with E-state index in [9.17, 15) is 14.4 Å². The second kappa shape index (κ2) is 8.15. The van der Waals surface area contributed by atoms with Gasteiger partial charge in [-0.1, -0.05) is 66.7 Å². The average molecular weight is 424 g/mol. The molecule has 32 heavy (non-hydrogen) atoms. The third-order valence-corrected chi connectivity index (χ3v) is 5.76. The van der Waals surface area contributed by atoms with E-state index in [2.05, 4.69) is 34.9 Å². The molecule has 1 aliphatic heterocycles. The van der Waals surface area contributed by atoms with Gasteiger partial charge in [0.2, 0.25) is 0 Å². The van der Waals surface area contributed by atoms with E-state index in [4.69, 9.17) is 4.74 Å². The van der Waals surface area contributed by atoms with E-state index in [0.29, 0.717) is 11.3 Å². The first-order chi connectivity index (χ1) is 15.6. The molecular weight excluding hydrogens is 404 g/mol. The zero-order valence-corrected chi connectivity index (χ0v) is 17.1. The van der Waals surface area contributed by atoms with E-state index >= 15 is 0 Å². The Balaban J connectivity index is 1.17. The number of Topliss-reactive ketones (excluding diaryl/α,β-unsaturated/α-hetero) is 1. The Morgan fingerprint density at radius 2 is 1.62 bits per heavy atom. The van der Waals surface area contributed by atoms with Crippen molar-refractivity contribution in [1.29, 1.82) is 0 Å². The van der Waals surface area contributed by atoms with Gasteiger partial charge in [0.25, 0.3) is 11.7 Å². The van der Waals surface area contributed by atoms with Gasteiger partial charge in [-0.25, -0.2) is 4.79 Å². The highest BCUT2D eigenvalue weighted by Crippen LogP contribution is 2.44. The van der Waals surface area contributed by atoms with Crippen LogP contribution < -0.4 is 10.6 Å². The predicted molar refractivity (Wildman–Crippen MR) is 122 cm³/mol. The van der Waals surface area contributed by atoms with Crippen molar-refractivity contribution >= 4 is 29.5 Å². The van der Waals surface area contributed by atoms with Gasteiger partial charge < -0.3 is 15.4 Å². The van der Waals surface area contributed by atoms with Gasteiger partial charge in [0, 0.05) is 12.5 Å². The average Bonchev–Trinajstić information content (AvgIpc) is 3.29. The quantitative estimate of drug-likeness (QED) is 0.596. The fourth-order valence-corrected chi connectivity index (χ4v) is 4.25. The van der Waals surface area contributed by atoms with Crippen molar-refractivity contribution in [2.24, 2.45) is 0 Å². The summed E-state index contributed by atoms with van der Waals surface area (Å²) in [6.07, 6.45) is 3.05. The van der Waals surface area contributed by atoms with Crippen molar-refractivity contribution in [3.05, 3.63) is 95.1 Å². The molecule has 0 saturated carbocycles. The molecule has 0 spiro atoms. The second-order valence-corrected chi connectivity index (χ2v) is 7.70. The monoisotopic (exact) mass is 424 g/mol. The lowest BCUT2D eigenvalue weighted by Crippen LogP contribution is -2.26. The van der Waals surface area contributed by atoms with Crippen molar-refractivity contribution in [1.82, 2.24) is 5.32 Å². The normalized spacial score (nSPS) is 14.1. The Kier molecular flexibility index (Phi) is 5.03. The van der Waals surface area contributed by atoms with E-state index < -0.39 is 17.8 Å². The number of fused-ring (bicyclic) bond motifs is 4. The van der Waals surface area contributed by atoms with Crippen LogP contribution in [0.3, 0.4) is 0 Å². The summed E-state index contributed by atoms with van der Waals surface area (Å²) in [5.41, 5.74) is 6.36. The number of carbonyl (C=O) groups excluding carboxylic acids is 3. The molecule has 2 aliphatic rings. The minimum Gasteiger partial charge on any atom is -0.449 e. The summed E-state index contributed by atoms with van der Waals surface area (Å²) < 4.78 is 5.50. The number of alkyl carbamates (subject to hydrolysis) is 1. The summed E-state index contributed by atoms with van der Waals surface area (Å²) in [6.45, 7) is 0.538. The SMILES string of the molecule is O=C(NCC=Cc1ccc2c(c1)C(=O)C(=O)N2)OCC1c2ccccc2-c2ccccc21. The molecule has 0 radical (unpaired) electrons. The lowest BCUT2D eigenvalue weighted by molar-refractivity contribution is -0.112. The summed E-state index contributed by atoms with van der Waals surface area (Å²) in [6, 6.07) is 21.5. The standard InChI is InChI=1S/C26H20N2O4/c29-24-21-14-16(11-12-23(21)28-25(24)30)6-5-13-27-26(31)32-15-22-19-9-3-1-7-17(19)18-8-2-4-10-20(18)22/h1-12,14,22H,13,15H2,(H,27,31)(H,28,29,30). The van der Waals surface area contributed by atoms with Crippen LogP contribution in [0.25, 0.3) is 17.2 Å². The number of anilines is 1. The smallest absolute Gasteiger partial charge is 0.407 e. The Labute approximate surface area is 184 Å². The molecule has 5 rings (SSSR count). The maximum atomic E-state index is 12.2. The maximum Gasteiger partial charge on any atom is 0.407 e. The number of hydrogen-bond acceptors (Lipinski definition) is 4. The number of ketones is 1. The number of nitrogens with one attached hydrogen (secondary N) is 2. The first-order valence-corrected chi connectivity index (χ1v) is 10.4. The molecule has 3 aromatic rings. The van der Waals surface area contributed by atoms with Gasteiger partial charge in [-0.05, 0) is 39.9 Å². The van der Waals surface area contributed by atoms with Crippen molar-refractivity contribution in [3.63, 3.8) is 0 Å². The molecule has 158 valence electrons. The van der Waals surface area contributed by atoms with Crippen LogP contribution in [-0.2, 0) is 9.53 Å². The van der Waals surface area contributed by atoms with Gasteiger partial charge in [-0.3, -0.25) is 9.59 Å². The number of rotatable bonds is 5. The molecule has 6 nitrogen and oxygen atoms in total. The molecule has 0 atom stereocenters. The maximum absolute atomic E-state index is 12.2. The number of carbonyl (C=O) groups is 3. The molecule has 0 fully saturated rings. The zero-order chi connectivity index (χ0) is 22.1. The molecular formula is C26H20N2O4. The van der Waals surface area contributed by atoms with E-state index in [0.717, 1.165) is 5.56 Å². The number of hydrogen-bond donors (Lipinski definition) is 2. The summed E-state index contributed by atoms with van der Waals surface area (Å²) in [5, 5.41) is 5.23. The van der Waals surface area contributed by atoms with E-state index in [1.54, 1.807) is 30.4 Å². The Morgan fingerprint density at radius 1 is 0.938 bits per heavy atom. The van der Waals surface area contributed by atoms with Gasteiger partial charge in [-0.15, -0.1) is 0 Å². The molecule has 1 aliphatic carbocycles. The van der Waals surface area contributed by atoms with Crippen molar-refractivity contribution < 1.29 is 19.1 Å². The molecule has 0 aromatic heterocycles. The largest absolute Gasteiger partial charge is 0.449 e. The molecule has 0 unspecified atom stereocenters. The molecule has 1 heterocycles. The van der Waals surface area contributed by atoms with Gasteiger partial charge in [0.05, 0.1) is 11.3 Å². The molecule has 3 aromatic carbocycles. The fraction of sp³-hybridized carbons (Fsp3) is 0.115. The third kappa shape index (κ3) is 3.56. The second-order valence-electron chi connectivity index (χ2n) is 7.70. The molecule has 6 heteroatoms. The van der Waals surface area contributed by atoms with Crippen molar-refractivity contribution in [2.75, 3.05) is 18.5 Å². The Hall–Kier alpha value is -4.19. The van der Waals surface area contributed by atoms with Gasteiger partial charge in [0.1, 0.15) is 6.61 Å². The van der Waals surface area contributed by atoms with Crippen LogP contribution in [0.4, 0.5) is 10.5 Å². The lowest BCUT2D eigenvalue weighted by atomic mass is 9.98. The van der Waals surface area contributed by atoms with E-state index in [1.807, 2.05) is 24.3 Å². The van der Waals surface area contributed by atoms with Crippen molar-refractivity contribution in [2.45, 2.75) is 5.92 Å². The fourth-order valence-electron chi connectivity index (χ4n) is 4.25. The Bertz CT molecular complexity index is 1230.